The van der Waals surface area contributed by atoms with E-state index in [9.17, 15) is 9.59 Å². The molecule has 222 valence electrons. The topological polar surface area (TPSA) is 101 Å². The van der Waals surface area contributed by atoms with E-state index in [-0.39, 0.29) is 36.2 Å². The number of carbonyl (C=O) groups is 2. The van der Waals surface area contributed by atoms with Crippen LogP contribution in [0.25, 0.3) is 11.3 Å². The molecule has 0 radical (unpaired) electrons. The SMILES string of the molecule is O=C(N[C@H]1CCCC[C@@H]1n1cnc(C(=O)N2CCNCC2CCNc2ccccc2)c1-c1ccccc1)OC1CCC1. The second kappa shape index (κ2) is 13.4. The molecule has 6 rings (SSSR count). The minimum absolute atomic E-state index is 0.00848. The summed E-state index contributed by atoms with van der Waals surface area (Å²) in [5.41, 5.74) is 3.34. The number of piperazine rings is 1. The molecule has 3 fully saturated rings. The fourth-order valence-corrected chi connectivity index (χ4v) is 6.45. The maximum absolute atomic E-state index is 14.3. The number of ether oxygens (including phenoxy) is 1. The lowest BCUT2D eigenvalue weighted by molar-refractivity contribution is 0.0474. The first-order chi connectivity index (χ1) is 20.7. The zero-order valence-corrected chi connectivity index (χ0v) is 24.2. The van der Waals surface area contributed by atoms with Crippen LogP contribution < -0.4 is 16.0 Å². The van der Waals surface area contributed by atoms with E-state index in [0.29, 0.717) is 12.2 Å². The number of hydrogen-bond donors (Lipinski definition) is 3. The minimum Gasteiger partial charge on any atom is -0.446 e. The van der Waals surface area contributed by atoms with Gasteiger partial charge in [-0.25, -0.2) is 9.78 Å². The van der Waals surface area contributed by atoms with Gasteiger partial charge in [0.1, 0.15) is 6.10 Å². The van der Waals surface area contributed by atoms with Gasteiger partial charge in [0, 0.05) is 43.5 Å². The van der Waals surface area contributed by atoms with Gasteiger partial charge in [0.15, 0.2) is 5.69 Å². The zero-order chi connectivity index (χ0) is 28.7. The summed E-state index contributed by atoms with van der Waals surface area (Å²) >= 11 is 0. The van der Waals surface area contributed by atoms with Crippen molar-refractivity contribution in [2.75, 3.05) is 31.5 Å². The van der Waals surface area contributed by atoms with Gasteiger partial charge >= 0.3 is 6.09 Å². The van der Waals surface area contributed by atoms with Gasteiger partial charge in [-0.1, -0.05) is 61.4 Å². The molecule has 2 aliphatic carbocycles. The van der Waals surface area contributed by atoms with E-state index in [0.717, 1.165) is 87.9 Å². The number of benzene rings is 2. The quantitative estimate of drug-likeness (QED) is 0.326. The maximum Gasteiger partial charge on any atom is 0.407 e. The Labute approximate surface area is 248 Å². The standard InChI is InChI=1S/C33H42N6O3/c40-32(38-21-20-34-22-26(38)18-19-35-25-12-5-2-6-13-25)30-31(24-10-3-1-4-11-24)39(23-36-30)29-17-8-7-16-28(29)37-33(41)42-27-14-9-15-27/h1-6,10-13,23,26-29,34-35H,7-9,14-22H2,(H,37,41)/t26?,28-,29-/m0/s1. The Bertz CT molecular complexity index is 1330. The molecular formula is C33H42N6O3. The molecule has 2 aromatic carbocycles. The second-order valence-electron chi connectivity index (χ2n) is 11.7. The summed E-state index contributed by atoms with van der Waals surface area (Å²) in [6, 6.07) is 20.2. The van der Waals surface area contributed by atoms with Crippen molar-refractivity contribution < 1.29 is 14.3 Å². The molecule has 42 heavy (non-hydrogen) atoms. The predicted octanol–water partition coefficient (Wildman–Crippen LogP) is 5.23. The number of carbonyl (C=O) groups excluding carboxylic acids is 2. The third-order valence-corrected chi connectivity index (χ3v) is 8.95. The average molecular weight is 571 g/mol. The van der Waals surface area contributed by atoms with Crippen molar-refractivity contribution in [2.45, 2.75) is 75.6 Å². The smallest absolute Gasteiger partial charge is 0.407 e. The number of imidazole rings is 1. The largest absolute Gasteiger partial charge is 0.446 e. The van der Waals surface area contributed by atoms with E-state index >= 15 is 0 Å². The fraction of sp³-hybridized carbons (Fsp3) is 0.485. The van der Waals surface area contributed by atoms with E-state index in [4.69, 9.17) is 9.72 Å². The van der Waals surface area contributed by atoms with Crippen molar-refractivity contribution in [3.63, 3.8) is 0 Å². The van der Waals surface area contributed by atoms with Crippen LogP contribution in [0.3, 0.4) is 0 Å². The van der Waals surface area contributed by atoms with E-state index in [1.165, 1.54) is 0 Å². The van der Waals surface area contributed by atoms with Gasteiger partial charge in [-0.3, -0.25) is 4.79 Å². The molecule has 1 saturated heterocycles. The fourth-order valence-electron chi connectivity index (χ4n) is 6.45. The molecule has 9 nitrogen and oxygen atoms in total. The lowest BCUT2D eigenvalue weighted by Gasteiger charge is -2.37. The number of nitrogens with zero attached hydrogens (tertiary/aromatic N) is 3. The van der Waals surface area contributed by atoms with Crippen LogP contribution in [-0.2, 0) is 4.74 Å². The Kier molecular flexibility index (Phi) is 9.03. The van der Waals surface area contributed by atoms with Crippen LogP contribution in [0.2, 0.25) is 0 Å². The molecule has 1 unspecified atom stereocenters. The number of nitrogens with one attached hydrogen (secondary N) is 3. The molecule has 1 aliphatic heterocycles. The Morgan fingerprint density at radius 1 is 0.952 bits per heavy atom. The van der Waals surface area contributed by atoms with E-state index in [2.05, 4.69) is 32.7 Å². The highest BCUT2D eigenvalue weighted by Crippen LogP contribution is 2.35. The highest BCUT2D eigenvalue weighted by Gasteiger charge is 2.35. The highest BCUT2D eigenvalue weighted by atomic mass is 16.6. The Balaban J connectivity index is 1.24. The minimum atomic E-state index is -0.331. The van der Waals surface area contributed by atoms with Crippen molar-refractivity contribution in [1.82, 2.24) is 25.1 Å². The Hall–Kier alpha value is -3.85. The number of amides is 2. The van der Waals surface area contributed by atoms with Crippen molar-refractivity contribution >= 4 is 17.7 Å². The van der Waals surface area contributed by atoms with Gasteiger partial charge in [0.25, 0.3) is 5.91 Å². The normalized spacial score (nSPS) is 22.7. The van der Waals surface area contributed by atoms with Crippen LogP contribution in [0.1, 0.15) is 67.9 Å². The average Bonchev–Trinajstić information content (AvgIpc) is 3.45. The van der Waals surface area contributed by atoms with Gasteiger partial charge < -0.3 is 30.2 Å². The zero-order valence-electron chi connectivity index (χ0n) is 24.2. The highest BCUT2D eigenvalue weighted by molar-refractivity contribution is 5.98. The number of rotatable bonds is 9. The van der Waals surface area contributed by atoms with Crippen molar-refractivity contribution in [1.29, 1.82) is 0 Å². The Morgan fingerprint density at radius 2 is 1.71 bits per heavy atom. The third-order valence-electron chi connectivity index (χ3n) is 8.95. The lowest BCUT2D eigenvalue weighted by Crippen LogP contribution is -2.54. The number of aromatic nitrogens is 2. The van der Waals surface area contributed by atoms with E-state index < -0.39 is 0 Å². The molecule has 2 saturated carbocycles. The second-order valence-corrected chi connectivity index (χ2v) is 11.7. The molecule has 9 heteroatoms. The lowest BCUT2D eigenvalue weighted by atomic mass is 9.89. The van der Waals surface area contributed by atoms with Gasteiger partial charge in [-0.2, -0.15) is 0 Å². The summed E-state index contributed by atoms with van der Waals surface area (Å²) in [4.78, 5) is 33.8. The summed E-state index contributed by atoms with van der Waals surface area (Å²) in [7, 11) is 0. The first-order valence-corrected chi connectivity index (χ1v) is 15.6. The van der Waals surface area contributed by atoms with Crippen LogP contribution in [-0.4, -0.2) is 70.8 Å². The van der Waals surface area contributed by atoms with Gasteiger partial charge in [0.2, 0.25) is 0 Å². The number of hydrogen-bond acceptors (Lipinski definition) is 6. The van der Waals surface area contributed by atoms with Gasteiger partial charge in [-0.15, -0.1) is 0 Å². The van der Waals surface area contributed by atoms with Crippen LogP contribution in [0.4, 0.5) is 10.5 Å². The van der Waals surface area contributed by atoms with Crippen molar-refractivity contribution in [3.8, 4) is 11.3 Å². The Morgan fingerprint density at radius 3 is 2.48 bits per heavy atom. The monoisotopic (exact) mass is 570 g/mol. The molecule has 3 N–H and O–H groups in total. The number of alkyl carbamates (subject to hydrolysis) is 1. The third kappa shape index (κ3) is 6.46. The van der Waals surface area contributed by atoms with Gasteiger partial charge in [-0.05, 0) is 50.7 Å². The first-order valence-electron chi connectivity index (χ1n) is 15.6. The van der Waals surface area contributed by atoms with E-state index in [1.54, 1.807) is 0 Å². The number of anilines is 1. The molecule has 0 spiro atoms. The summed E-state index contributed by atoms with van der Waals surface area (Å²) in [5, 5.41) is 10.1. The molecule has 2 amide bonds. The summed E-state index contributed by atoms with van der Waals surface area (Å²) in [6.45, 7) is 2.91. The van der Waals surface area contributed by atoms with Crippen LogP contribution in [0, 0.1) is 0 Å². The van der Waals surface area contributed by atoms with Crippen molar-refractivity contribution in [3.05, 3.63) is 72.7 Å². The van der Waals surface area contributed by atoms with Gasteiger partial charge in [0.05, 0.1) is 24.1 Å². The molecule has 3 aromatic rings. The molecular weight excluding hydrogens is 528 g/mol. The first kappa shape index (κ1) is 28.3. The van der Waals surface area contributed by atoms with Crippen molar-refractivity contribution in [2.24, 2.45) is 0 Å². The van der Waals surface area contributed by atoms with Crippen LogP contribution in [0.15, 0.2) is 67.0 Å². The molecule has 3 aliphatic rings. The van der Waals surface area contributed by atoms with Crippen LogP contribution in [0.5, 0.6) is 0 Å². The summed E-state index contributed by atoms with van der Waals surface area (Å²) < 4.78 is 7.78. The number of para-hydroxylation sites is 1. The molecule has 1 aromatic heterocycles. The van der Waals surface area contributed by atoms with E-state index in [1.807, 2.05) is 59.8 Å². The molecule has 3 atom stereocenters. The summed E-state index contributed by atoms with van der Waals surface area (Å²) in [5.74, 6) is -0.0384. The molecule has 2 heterocycles. The van der Waals surface area contributed by atoms with Crippen LogP contribution >= 0.6 is 0 Å². The summed E-state index contributed by atoms with van der Waals surface area (Å²) in [6.07, 6.45) is 9.24. The maximum atomic E-state index is 14.3. The predicted molar refractivity (Wildman–Crippen MR) is 163 cm³/mol. The molecule has 0 bridgehead atoms.